The molecule has 1 aromatic carbocycles. The third-order valence-electron chi connectivity index (χ3n) is 3.40. The predicted molar refractivity (Wildman–Crippen MR) is 75.7 cm³/mol. The molecule has 1 saturated heterocycles. The Morgan fingerprint density at radius 2 is 2.19 bits per heavy atom. The van der Waals surface area contributed by atoms with E-state index in [-0.39, 0.29) is 6.54 Å². The number of carbonyl (C=O) groups is 3. The van der Waals surface area contributed by atoms with E-state index in [0.29, 0.717) is 17.8 Å². The lowest BCUT2D eigenvalue weighted by atomic mass is 10.0. The number of anilines is 1. The zero-order valence-electron chi connectivity index (χ0n) is 11.6. The number of carbonyl (C=O) groups excluding carboxylic acids is 2. The fourth-order valence-corrected chi connectivity index (χ4v) is 2.34. The van der Waals surface area contributed by atoms with Gasteiger partial charge in [-0.15, -0.1) is 0 Å². The number of benzene rings is 1. The van der Waals surface area contributed by atoms with E-state index in [9.17, 15) is 14.4 Å². The van der Waals surface area contributed by atoms with Crippen LogP contribution in [0.15, 0.2) is 18.2 Å². The van der Waals surface area contributed by atoms with Gasteiger partial charge in [0, 0.05) is 18.8 Å². The second kappa shape index (κ2) is 5.82. The Morgan fingerprint density at radius 1 is 1.48 bits per heavy atom. The highest BCUT2D eigenvalue weighted by atomic mass is 16.4. The third kappa shape index (κ3) is 3.13. The number of carboxylic acids is 1. The van der Waals surface area contributed by atoms with Gasteiger partial charge in [0.1, 0.15) is 6.04 Å². The summed E-state index contributed by atoms with van der Waals surface area (Å²) in [5.41, 5.74) is 7.28. The minimum atomic E-state index is -1.13. The van der Waals surface area contributed by atoms with E-state index >= 15 is 0 Å². The molecule has 1 atom stereocenters. The molecule has 2 rings (SSSR count). The molecule has 1 unspecified atom stereocenters. The average molecular weight is 291 g/mol. The van der Waals surface area contributed by atoms with Crippen molar-refractivity contribution in [3.05, 3.63) is 29.3 Å². The Balaban J connectivity index is 2.32. The Morgan fingerprint density at radius 3 is 2.86 bits per heavy atom. The molecule has 1 heterocycles. The van der Waals surface area contributed by atoms with Gasteiger partial charge in [0.25, 0.3) is 5.91 Å². The maximum absolute atomic E-state index is 12.6. The van der Waals surface area contributed by atoms with E-state index < -0.39 is 30.2 Å². The van der Waals surface area contributed by atoms with Crippen LogP contribution in [-0.4, -0.2) is 46.9 Å². The molecule has 21 heavy (non-hydrogen) atoms. The molecule has 0 spiro atoms. The van der Waals surface area contributed by atoms with E-state index in [2.05, 4.69) is 5.32 Å². The molecular formula is C14H17N3O4. The van der Waals surface area contributed by atoms with Crippen LogP contribution < -0.4 is 11.1 Å². The van der Waals surface area contributed by atoms with Crippen LogP contribution in [0.3, 0.4) is 0 Å². The number of nitrogen functional groups attached to an aromatic ring is 1. The Labute approximate surface area is 121 Å². The number of hydrogen-bond donors (Lipinski definition) is 3. The zero-order valence-corrected chi connectivity index (χ0v) is 11.6. The van der Waals surface area contributed by atoms with Gasteiger partial charge >= 0.3 is 5.97 Å². The summed E-state index contributed by atoms with van der Waals surface area (Å²) < 4.78 is 0. The standard InChI is InChI=1S/C14H17N3O4/c1-8-2-3-10(15)9(6-8)14(21)17-5-4-16-13(20)11(17)7-12(18)19/h2-3,6,11H,4-5,7,15H2,1H3,(H,16,20)(H,18,19). The first-order chi connectivity index (χ1) is 9.90. The molecule has 0 aliphatic carbocycles. The Hall–Kier alpha value is -2.57. The summed E-state index contributed by atoms with van der Waals surface area (Å²) in [6, 6.07) is 4.04. The van der Waals surface area contributed by atoms with Crippen LogP contribution in [0.2, 0.25) is 0 Å². The van der Waals surface area contributed by atoms with Crippen molar-refractivity contribution < 1.29 is 19.5 Å². The minimum absolute atomic E-state index is 0.260. The molecule has 0 saturated carbocycles. The largest absolute Gasteiger partial charge is 0.481 e. The predicted octanol–water partition coefficient (Wildman–Crippen LogP) is -0.00748. The minimum Gasteiger partial charge on any atom is -0.481 e. The summed E-state index contributed by atoms with van der Waals surface area (Å²) in [4.78, 5) is 36.6. The van der Waals surface area contributed by atoms with Crippen LogP contribution in [0.4, 0.5) is 5.69 Å². The van der Waals surface area contributed by atoms with Gasteiger partial charge in [-0.1, -0.05) is 11.6 Å². The average Bonchev–Trinajstić information content (AvgIpc) is 2.42. The van der Waals surface area contributed by atoms with Crippen LogP contribution in [-0.2, 0) is 9.59 Å². The van der Waals surface area contributed by atoms with Crippen molar-refractivity contribution in [2.24, 2.45) is 0 Å². The highest BCUT2D eigenvalue weighted by molar-refractivity contribution is 6.02. The molecule has 0 aromatic heterocycles. The lowest BCUT2D eigenvalue weighted by Gasteiger charge is -2.34. The molecule has 1 fully saturated rings. The number of nitrogens with two attached hydrogens (primary N) is 1. The van der Waals surface area contributed by atoms with E-state index in [1.165, 1.54) is 4.90 Å². The van der Waals surface area contributed by atoms with Gasteiger partial charge in [-0.25, -0.2) is 0 Å². The summed E-state index contributed by atoms with van der Waals surface area (Å²) in [5.74, 6) is -2.01. The van der Waals surface area contributed by atoms with Gasteiger partial charge in [-0.05, 0) is 19.1 Å². The second-order valence-electron chi connectivity index (χ2n) is 4.99. The molecule has 7 nitrogen and oxygen atoms in total. The van der Waals surface area contributed by atoms with Crippen molar-refractivity contribution in [2.45, 2.75) is 19.4 Å². The topological polar surface area (TPSA) is 113 Å². The van der Waals surface area contributed by atoms with E-state index in [4.69, 9.17) is 10.8 Å². The number of aryl methyl sites for hydroxylation is 1. The van der Waals surface area contributed by atoms with Crippen LogP contribution in [0, 0.1) is 6.92 Å². The summed E-state index contributed by atoms with van der Waals surface area (Å²) in [6.07, 6.45) is -0.427. The van der Waals surface area contributed by atoms with E-state index in [1.54, 1.807) is 18.2 Å². The number of piperazine rings is 1. The molecule has 1 aliphatic heterocycles. The first-order valence-corrected chi connectivity index (χ1v) is 6.56. The van der Waals surface area contributed by atoms with E-state index in [0.717, 1.165) is 5.56 Å². The Kier molecular flexibility index (Phi) is 4.11. The zero-order chi connectivity index (χ0) is 15.6. The number of amides is 2. The second-order valence-corrected chi connectivity index (χ2v) is 4.99. The van der Waals surface area contributed by atoms with Gasteiger partial charge in [0.15, 0.2) is 0 Å². The fraction of sp³-hybridized carbons (Fsp3) is 0.357. The molecule has 0 bridgehead atoms. The van der Waals surface area contributed by atoms with Gasteiger partial charge in [0.2, 0.25) is 5.91 Å². The van der Waals surface area contributed by atoms with Crippen LogP contribution in [0.5, 0.6) is 0 Å². The van der Waals surface area contributed by atoms with Gasteiger partial charge in [0.05, 0.1) is 12.0 Å². The molecule has 7 heteroatoms. The van der Waals surface area contributed by atoms with Crippen LogP contribution in [0.1, 0.15) is 22.3 Å². The van der Waals surface area contributed by atoms with Gasteiger partial charge in [-0.2, -0.15) is 0 Å². The highest BCUT2D eigenvalue weighted by Crippen LogP contribution is 2.19. The quantitative estimate of drug-likeness (QED) is 0.678. The fourth-order valence-electron chi connectivity index (χ4n) is 2.34. The first-order valence-electron chi connectivity index (χ1n) is 6.56. The summed E-state index contributed by atoms with van der Waals surface area (Å²) in [5, 5.41) is 11.5. The van der Waals surface area contributed by atoms with Crippen molar-refractivity contribution in [1.29, 1.82) is 0 Å². The first kappa shape index (κ1) is 14.8. The SMILES string of the molecule is Cc1ccc(N)c(C(=O)N2CCNC(=O)C2CC(=O)O)c1. The number of hydrogen-bond acceptors (Lipinski definition) is 4. The van der Waals surface area contributed by atoms with E-state index in [1.807, 2.05) is 6.92 Å². The van der Waals surface area contributed by atoms with Crippen LogP contribution >= 0.6 is 0 Å². The van der Waals surface area contributed by atoms with Crippen molar-refractivity contribution >= 4 is 23.5 Å². The third-order valence-corrected chi connectivity index (χ3v) is 3.40. The molecule has 1 aliphatic rings. The molecular weight excluding hydrogens is 274 g/mol. The lowest BCUT2D eigenvalue weighted by Crippen LogP contribution is -2.57. The van der Waals surface area contributed by atoms with Crippen molar-refractivity contribution in [2.75, 3.05) is 18.8 Å². The van der Waals surface area contributed by atoms with Crippen molar-refractivity contribution in [1.82, 2.24) is 10.2 Å². The van der Waals surface area contributed by atoms with Gasteiger partial charge in [-0.3, -0.25) is 14.4 Å². The van der Waals surface area contributed by atoms with Crippen molar-refractivity contribution in [3.63, 3.8) is 0 Å². The number of carboxylic acid groups (broad SMARTS) is 1. The molecule has 1 aromatic rings. The number of nitrogens with zero attached hydrogens (tertiary/aromatic N) is 1. The number of aliphatic carboxylic acids is 1. The summed E-state index contributed by atoms with van der Waals surface area (Å²) in [7, 11) is 0. The number of rotatable bonds is 3. The number of nitrogens with one attached hydrogen (secondary N) is 1. The van der Waals surface area contributed by atoms with Crippen molar-refractivity contribution in [3.8, 4) is 0 Å². The lowest BCUT2D eigenvalue weighted by molar-refractivity contribution is -0.142. The normalized spacial score (nSPS) is 18.2. The smallest absolute Gasteiger partial charge is 0.305 e. The highest BCUT2D eigenvalue weighted by Gasteiger charge is 2.35. The monoisotopic (exact) mass is 291 g/mol. The van der Waals surface area contributed by atoms with Crippen LogP contribution in [0.25, 0.3) is 0 Å². The molecule has 112 valence electrons. The maximum Gasteiger partial charge on any atom is 0.305 e. The molecule has 4 N–H and O–H groups in total. The molecule has 0 radical (unpaired) electrons. The maximum atomic E-state index is 12.6. The summed E-state index contributed by atoms with van der Waals surface area (Å²) in [6.45, 7) is 2.39. The summed E-state index contributed by atoms with van der Waals surface area (Å²) >= 11 is 0. The van der Waals surface area contributed by atoms with Gasteiger partial charge < -0.3 is 21.1 Å². The molecule has 2 amide bonds. The Bertz CT molecular complexity index is 600.